The predicted molar refractivity (Wildman–Crippen MR) is 123 cm³/mol. The first-order valence-electron chi connectivity index (χ1n) is 11.5. The first kappa shape index (κ1) is 27.5. The third kappa shape index (κ3) is 7.66. The third-order valence-electron chi connectivity index (χ3n) is 5.43. The van der Waals surface area contributed by atoms with Gasteiger partial charge in [0.05, 0.1) is 13.2 Å². The highest BCUT2D eigenvalue weighted by Crippen LogP contribution is 2.30. The highest BCUT2D eigenvalue weighted by Gasteiger charge is 2.35. The quantitative estimate of drug-likeness (QED) is 0.560. The molecule has 1 aliphatic heterocycles. The maximum absolute atomic E-state index is 13.0. The fourth-order valence-electron chi connectivity index (χ4n) is 3.76. The number of hydrogen-bond donors (Lipinski definition) is 1. The lowest BCUT2D eigenvalue weighted by Crippen LogP contribution is -2.48. The van der Waals surface area contributed by atoms with Crippen molar-refractivity contribution in [3.8, 4) is 11.5 Å². The van der Waals surface area contributed by atoms with E-state index in [-0.39, 0.29) is 23.3 Å². The lowest BCUT2D eigenvalue weighted by atomic mass is 9.98. The standard InChI is InChI=1S/C24H36N2O8/c1-14(2)13-32-21-15(3)33-24(29)17(9-7-8-10-18(21)30-5)26-23(28)20-22(34-16(4)27)19(31-6)11-12-25-20/h11-12,14-15,17-18,21H,7-10,13H2,1-6H3,(H,26,28)/t15-,17-,18-,21-/m0/s1. The van der Waals surface area contributed by atoms with E-state index < -0.39 is 36.1 Å². The van der Waals surface area contributed by atoms with Gasteiger partial charge >= 0.3 is 11.9 Å². The molecule has 0 bridgehead atoms. The van der Waals surface area contributed by atoms with Gasteiger partial charge < -0.3 is 29.0 Å². The second-order valence-corrected chi connectivity index (χ2v) is 8.70. The fraction of sp³-hybridized carbons (Fsp3) is 0.667. The number of cyclic esters (lactones) is 1. The van der Waals surface area contributed by atoms with Crippen molar-refractivity contribution in [1.82, 2.24) is 10.3 Å². The molecule has 1 aromatic rings. The number of nitrogens with one attached hydrogen (secondary N) is 1. The van der Waals surface area contributed by atoms with Crippen LogP contribution in [0.5, 0.6) is 11.5 Å². The van der Waals surface area contributed by atoms with Crippen molar-refractivity contribution in [3.05, 3.63) is 18.0 Å². The van der Waals surface area contributed by atoms with Crippen molar-refractivity contribution in [1.29, 1.82) is 0 Å². The molecule has 1 N–H and O–H groups in total. The summed E-state index contributed by atoms with van der Waals surface area (Å²) < 4.78 is 27.7. The molecule has 1 aromatic heterocycles. The number of aromatic nitrogens is 1. The number of hydrogen-bond acceptors (Lipinski definition) is 9. The number of pyridine rings is 1. The predicted octanol–water partition coefficient (Wildman–Crippen LogP) is 2.68. The van der Waals surface area contributed by atoms with Gasteiger partial charge in [0.15, 0.2) is 11.4 Å². The zero-order valence-electron chi connectivity index (χ0n) is 20.8. The Hall–Kier alpha value is -2.72. The molecule has 0 radical (unpaired) electrons. The number of carbonyl (C=O) groups excluding carboxylic acids is 3. The Bertz CT molecular complexity index is 844. The van der Waals surface area contributed by atoms with Gasteiger partial charge in [0.2, 0.25) is 5.75 Å². The normalized spacial score (nSPS) is 23.7. The van der Waals surface area contributed by atoms with Crippen molar-refractivity contribution in [2.24, 2.45) is 5.92 Å². The SMILES string of the molecule is COc1ccnc(C(=O)N[C@H]2CCCC[C@H](OC)[C@@H](OCC(C)C)[C@H](C)OC2=O)c1OC(C)=O. The van der Waals surface area contributed by atoms with E-state index >= 15 is 0 Å². The fourth-order valence-corrected chi connectivity index (χ4v) is 3.76. The van der Waals surface area contributed by atoms with Crippen LogP contribution in [0.15, 0.2) is 12.3 Å². The minimum Gasteiger partial charge on any atom is -0.493 e. The largest absolute Gasteiger partial charge is 0.493 e. The van der Waals surface area contributed by atoms with Crippen LogP contribution in [0.4, 0.5) is 0 Å². The van der Waals surface area contributed by atoms with Gasteiger partial charge in [-0.05, 0) is 25.7 Å². The van der Waals surface area contributed by atoms with Crippen molar-refractivity contribution in [3.63, 3.8) is 0 Å². The second kappa shape index (κ2) is 13.2. The van der Waals surface area contributed by atoms with Gasteiger partial charge in [-0.25, -0.2) is 9.78 Å². The molecule has 10 heteroatoms. The number of amides is 1. The number of methoxy groups -OCH3 is 2. The third-order valence-corrected chi connectivity index (χ3v) is 5.43. The van der Waals surface area contributed by atoms with E-state index in [0.717, 1.165) is 12.8 Å². The Labute approximate surface area is 200 Å². The van der Waals surface area contributed by atoms with Crippen LogP contribution in [0.1, 0.15) is 63.9 Å². The van der Waals surface area contributed by atoms with Crippen molar-refractivity contribution in [2.45, 2.75) is 77.7 Å². The summed E-state index contributed by atoms with van der Waals surface area (Å²) in [7, 11) is 3.01. The first-order valence-corrected chi connectivity index (χ1v) is 11.5. The van der Waals surface area contributed by atoms with Gasteiger partial charge in [0.25, 0.3) is 5.91 Å². The van der Waals surface area contributed by atoms with E-state index in [2.05, 4.69) is 10.3 Å². The van der Waals surface area contributed by atoms with Crippen LogP contribution in [0, 0.1) is 5.92 Å². The topological polar surface area (TPSA) is 122 Å². The molecule has 4 atom stereocenters. The molecule has 0 saturated carbocycles. The molecule has 0 aromatic carbocycles. The smallest absolute Gasteiger partial charge is 0.329 e. The maximum atomic E-state index is 13.0. The van der Waals surface area contributed by atoms with Crippen molar-refractivity contribution >= 4 is 17.8 Å². The molecule has 1 amide bonds. The molecular formula is C24H36N2O8. The summed E-state index contributed by atoms with van der Waals surface area (Å²) in [5, 5.41) is 2.68. The first-order chi connectivity index (χ1) is 16.2. The molecule has 0 spiro atoms. The minimum absolute atomic E-state index is 0.110. The van der Waals surface area contributed by atoms with Crippen LogP contribution >= 0.6 is 0 Å². The summed E-state index contributed by atoms with van der Waals surface area (Å²) in [4.78, 5) is 41.6. The van der Waals surface area contributed by atoms with Crippen LogP contribution in [0.25, 0.3) is 0 Å². The monoisotopic (exact) mass is 480 g/mol. The Kier molecular flexibility index (Phi) is 10.7. The van der Waals surface area contributed by atoms with Crippen LogP contribution in [0.3, 0.4) is 0 Å². The van der Waals surface area contributed by atoms with Gasteiger partial charge in [-0.15, -0.1) is 0 Å². The summed E-state index contributed by atoms with van der Waals surface area (Å²) >= 11 is 0. The van der Waals surface area contributed by atoms with Crippen LogP contribution in [-0.4, -0.2) is 68.0 Å². The molecule has 1 fully saturated rings. The lowest BCUT2D eigenvalue weighted by molar-refractivity contribution is -0.170. The Balaban J connectivity index is 2.21. The van der Waals surface area contributed by atoms with E-state index in [4.69, 9.17) is 23.7 Å². The van der Waals surface area contributed by atoms with Crippen molar-refractivity contribution < 1.29 is 38.1 Å². The zero-order chi connectivity index (χ0) is 25.3. The van der Waals surface area contributed by atoms with Crippen LogP contribution in [0.2, 0.25) is 0 Å². The van der Waals surface area contributed by atoms with E-state index in [0.29, 0.717) is 25.4 Å². The molecule has 1 saturated heterocycles. The number of ether oxygens (including phenoxy) is 5. The molecule has 2 heterocycles. The minimum atomic E-state index is -0.905. The lowest BCUT2D eigenvalue weighted by Gasteiger charge is -2.33. The van der Waals surface area contributed by atoms with Gasteiger partial charge in [-0.1, -0.05) is 26.7 Å². The zero-order valence-corrected chi connectivity index (χ0v) is 20.8. The van der Waals surface area contributed by atoms with E-state index in [1.807, 2.05) is 13.8 Å². The molecule has 2 rings (SSSR count). The summed E-state index contributed by atoms with van der Waals surface area (Å²) in [6.45, 7) is 7.56. The van der Waals surface area contributed by atoms with Gasteiger partial charge in [-0.3, -0.25) is 9.59 Å². The highest BCUT2D eigenvalue weighted by molar-refractivity contribution is 5.98. The average Bonchev–Trinajstić information content (AvgIpc) is 2.78. The molecular weight excluding hydrogens is 444 g/mol. The number of nitrogens with zero attached hydrogens (tertiary/aromatic N) is 1. The highest BCUT2D eigenvalue weighted by atomic mass is 16.6. The average molecular weight is 481 g/mol. The number of rotatable bonds is 8. The summed E-state index contributed by atoms with van der Waals surface area (Å²) in [5.41, 5.74) is -0.162. The molecule has 0 unspecified atom stereocenters. The molecule has 0 aliphatic carbocycles. The maximum Gasteiger partial charge on any atom is 0.329 e. The van der Waals surface area contributed by atoms with Crippen LogP contribution in [-0.2, 0) is 23.8 Å². The van der Waals surface area contributed by atoms with Gasteiger partial charge in [0.1, 0.15) is 18.2 Å². The second-order valence-electron chi connectivity index (χ2n) is 8.70. The molecule has 34 heavy (non-hydrogen) atoms. The number of carbonyl (C=O) groups is 3. The van der Waals surface area contributed by atoms with E-state index in [1.165, 1.54) is 26.3 Å². The summed E-state index contributed by atoms with van der Waals surface area (Å²) in [6, 6.07) is 0.566. The van der Waals surface area contributed by atoms with Gasteiger partial charge in [-0.2, -0.15) is 0 Å². The Morgan fingerprint density at radius 3 is 2.56 bits per heavy atom. The van der Waals surface area contributed by atoms with Crippen LogP contribution < -0.4 is 14.8 Å². The number of esters is 2. The van der Waals surface area contributed by atoms with Crippen molar-refractivity contribution in [2.75, 3.05) is 20.8 Å². The Morgan fingerprint density at radius 1 is 1.24 bits per heavy atom. The van der Waals surface area contributed by atoms with E-state index in [1.54, 1.807) is 14.0 Å². The van der Waals surface area contributed by atoms with Gasteiger partial charge in [0, 0.05) is 32.9 Å². The summed E-state index contributed by atoms with van der Waals surface area (Å²) in [5.74, 6) is -1.51. The molecule has 1 aliphatic rings. The van der Waals surface area contributed by atoms with E-state index in [9.17, 15) is 14.4 Å². The molecule has 190 valence electrons. The molecule has 10 nitrogen and oxygen atoms in total. The Morgan fingerprint density at radius 2 is 1.94 bits per heavy atom. The summed E-state index contributed by atoms with van der Waals surface area (Å²) in [6.07, 6.45) is 2.68.